The number of hydrogen-bond donors (Lipinski definition) is 3. The van der Waals surface area contributed by atoms with Crippen molar-refractivity contribution in [1.29, 1.82) is 0 Å². The molecule has 6 heteroatoms. The summed E-state index contributed by atoms with van der Waals surface area (Å²) in [7, 11) is 0. The first kappa shape index (κ1) is 15.0. The highest BCUT2D eigenvalue weighted by Crippen LogP contribution is 2.15. The van der Waals surface area contributed by atoms with Crippen molar-refractivity contribution in [2.24, 2.45) is 0 Å². The summed E-state index contributed by atoms with van der Waals surface area (Å²) in [6, 6.07) is -0.508. The number of carboxylic acids is 1. The molecule has 0 unspecified atom stereocenters. The maximum absolute atomic E-state index is 11.4. The third kappa shape index (κ3) is 4.22. The van der Waals surface area contributed by atoms with E-state index in [1.165, 1.54) is 0 Å². The fourth-order valence-corrected chi connectivity index (χ4v) is 1.36. The lowest BCUT2D eigenvalue weighted by Crippen LogP contribution is -2.56. The van der Waals surface area contributed by atoms with Gasteiger partial charge in [0, 0.05) is 4.48 Å². The van der Waals surface area contributed by atoms with Gasteiger partial charge in [-0.25, -0.2) is 9.59 Å². The average Bonchev–Trinajstić information content (AvgIpc) is 2.22. The number of aliphatic carboxylic acids is 1. The number of carbonyl (C=O) groups excluding carboxylic acids is 1. The third-order valence-electron chi connectivity index (χ3n) is 2.41. The van der Waals surface area contributed by atoms with Crippen molar-refractivity contribution in [2.45, 2.75) is 32.2 Å². The second-order valence-electron chi connectivity index (χ2n) is 3.42. The second kappa shape index (κ2) is 6.52. The molecule has 0 aromatic carbocycles. The SMILES string of the molecule is C=C(Br)CNC(=O)NC(CC)(CC)C(=O)O. The van der Waals surface area contributed by atoms with Crippen LogP contribution in [0.25, 0.3) is 0 Å². The Morgan fingerprint density at radius 2 is 1.88 bits per heavy atom. The highest BCUT2D eigenvalue weighted by Gasteiger charge is 2.36. The Morgan fingerprint density at radius 3 is 2.19 bits per heavy atom. The Hall–Kier alpha value is -1.04. The normalized spacial score (nSPS) is 10.7. The topological polar surface area (TPSA) is 78.4 Å². The standard InChI is InChI=1S/C10H17BrN2O3/c1-4-10(5-2,8(14)15)13-9(16)12-6-7(3)11/h3-6H2,1-2H3,(H,14,15)(H2,12,13,16). The lowest BCUT2D eigenvalue weighted by Gasteiger charge is -2.28. The van der Waals surface area contributed by atoms with Crippen LogP contribution in [0.4, 0.5) is 4.79 Å². The monoisotopic (exact) mass is 292 g/mol. The number of halogens is 1. The Morgan fingerprint density at radius 1 is 1.38 bits per heavy atom. The maximum Gasteiger partial charge on any atom is 0.329 e. The molecule has 0 aliphatic carbocycles. The van der Waals surface area contributed by atoms with Crippen LogP contribution in [0.2, 0.25) is 0 Å². The fraction of sp³-hybridized carbons (Fsp3) is 0.600. The molecular weight excluding hydrogens is 276 g/mol. The van der Waals surface area contributed by atoms with Gasteiger partial charge in [0.2, 0.25) is 0 Å². The molecule has 0 aromatic heterocycles. The van der Waals surface area contributed by atoms with E-state index in [9.17, 15) is 9.59 Å². The molecule has 0 spiro atoms. The number of hydrogen-bond acceptors (Lipinski definition) is 2. The summed E-state index contributed by atoms with van der Waals surface area (Å²) < 4.78 is 0.622. The summed E-state index contributed by atoms with van der Waals surface area (Å²) >= 11 is 3.09. The summed E-state index contributed by atoms with van der Waals surface area (Å²) in [5.74, 6) is -1.02. The van der Waals surface area contributed by atoms with Gasteiger partial charge >= 0.3 is 12.0 Å². The molecule has 0 aromatic rings. The van der Waals surface area contributed by atoms with Crippen molar-refractivity contribution in [3.8, 4) is 0 Å². The molecule has 0 atom stereocenters. The van der Waals surface area contributed by atoms with Gasteiger partial charge < -0.3 is 15.7 Å². The van der Waals surface area contributed by atoms with Gasteiger partial charge in [0.15, 0.2) is 0 Å². The minimum absolute atomic E-state index is 0.259. The van der Waals surface area contributed by atoms with Crippen LogP contribution in [-0.2, 0) is 4.79 Å². The molecule has 0 radical (unpaired) electrons. The summed E-state index contributed by atoms with van der Waals surface area (Å²) in [5, 5.41) is 14.1. The second-order valence-corrected chi connectivity index (χ2v) is 4.54. The van der Waals surface area contributed by atoms with Gasteiger partial charge in [-0.05, 0) is 12.8 Å². The molecule has 0 rings (SSSR count). The van der Waals surface area contributed by atoms with Crippen LogP contribution < -0.4 is 10.6 Å². The Labute approximate surface area is 103 Å². The van der Waals surface area contributed by atoms with Gasteiger partial charge in [0.1, 0.15) is 5.54 Å². The summed E-state index contributed by atoms with van der Waals surface area (Å²) in [5.41, 5.74) is -1.20. The lowest BCUT2D eigenvalue weighted by atomic mass is 9.93. The third-order valence-corrected chi connectivity index (χ3v) is 2.69. The predicted molar refractivity (Wildman–Crippen MR) is 65.6 cm³/mol. The van der Waals surface area contributed by atoms with Crippen molar-refractivity contribution >= 4 is 27.9 Å². The van der Waals surface area contributed by atoms with Gasteiger partial charge in [0.25, 0.3) is 0 Å². The van der Waals surface area contributed by atoms with Gasteiger partial charge in [0.05, 0.1) is 6.54 Å². The lowest BCUT2D eigenvalue weighted by molar-refractivity contribution is -0.144. The quantitative estimate of drug-likeness (QED) is 0.699. The van der Waals surface area contributed by atoms with Gasteiger partial charge in [-0.2, -0.15) is 0 Å². The smallest absolute Gasteiger partial charge is 0.329 e. The molecule has 0 fully saturated rings. The first-order chi connectivity index (χ1) is 7.38. The predicted octanol–water partition coefficient (Wildman–Crippen LogP) is 1.84. The van der Waals surface area contributed by atoms with Crippen LogP contribution in [0.3, 0.4) is 0 Å². The van der Waals surface area contributed by atoms with E-state index in [0.29, 0.717) is 17.3 Å². The highest BCUT2D eigenvalue weighted by molar-refractivity contribution is 9.11. The van der Waals surface area contributed by atoms with Crippen LogP contribution in [0.1, 0.15) is 26.7 Å². The van der Waals surface area contributed by atoms with E-state index in [-0.39, 0.29) is 6.54 Å². The molecular formula is C10H17BrN2O3. The van der Waals surface area contributed by atoms with Crippen LogP contribution >= 0.6 is 15.9 Å². The molecule has 0 aliphatic rings. The molecule has 92 valence electrons. The first-order valence-electron chi connectivity index (χ1n) is 5.00. The van der Waals surface area contributed by atoms with Crippen LogP contribution in [0, 0.1) is 0 Å². The van der Waals surface area contributed by atoms with Gasteiger partial charge in [-0.15, -0.1) is 0 Å². The summed E-state index contributed by atoms with van der Waals surface area (Å²) in [6.07, 6.45) is 0.670. The van der Waals surface area contributed by atoms with Crippen molar-refractivity contribution in [1.82, 2.24) is 10.6 Å². The molecule has 5 nitrogen and oxygen atoms in total. The van der Waals surface area contributed by atoms with E-state index in [1.807, 2.05) is 0 Å². The fourth-order valence-electron chi connectivity index (χ4n) is 1.22. The maximum atomic E-state index is 11.4. The molecule has 0 heterocycles. The number of carbonyl (C=O) groups is 2. The van der Waals surface area contributed by atoms with Crippen molar-refractivity contribution in [2.75, 3.05) is 6.54 Å². The van der Waals surface area contributed by atoms with Crippen LogP contribution in [0.15, 0.2) is 11.1 Å². The van der Waals surface area contributed by atoms with E-state index in [1.54, 1.807) is 13.8 Å². The minimum Gasteiger partial charge on any atom is -0.480 e. The summed E-state index contributed by atoms with van der Waals surface area (Å²) in [6.45, 7) is 7.26. The molecule has 0 saturated carbocycles. The Balaban J connectivity index is 4.46. The first-order valence-corrected chi connectivity index (χ1v) is 5.80. The van der Waals surface area contributed by atoms with Crippen LogP contribution in [-0.4, -0.2) is 29.2 Å². The highest BCUT2D eigenvalue weighted by atomic mass is 79.9. The molecule has 16 heavy (non-hydrogen) atoms. The molecule has 0 bridgehead atoms. The molecule has 2 amide bonds. The van der Waals surface area contributed by atoms with E-state index in [0.717, 1.165) is 0 Å². The van der Waals surface area contributed by atoms with Crippen LogP contribution in [0.5, 0.6) is 0 Å². The average molecular weight is 293 g/mol. The number of amides is 2. The molecule has 0 saturated heterocycles. The van der Waals surface area contributed by atoms with Crippen molar-refractivity contribution in [3.05, 3.63) is 11.1 Å². The number of carboxylic acid groups (broad SMARTS) is 1. The zero-order chi connectivity index (χ0) is 12.8. The minimum atomic E-state index is -1.20. The largest absolute Gasteiger partial charge is 0.480 e. The number of rotatable bonds is 6. The Kier molecular flexibility index (Phi) is 6.10. The van der Waals surface area contributed by atoms with Gasteiger partial charge in [-0.3, -0.25) is 0 Å². The molecule has 3 N–H and O–H groups in total. The molecule has 0 aliphatic heterocycles. The number of nitrogens with one attached hydrogen (secondary N) is 2. The van der Waals surface area contributed by atoms with E-state index in [4.69, 9.17) is 5.11 Å². The zero-order valence-electron chi connectivity index (χ0n) is 9.47. The van der Waals surface area contributed by atoms with Crippen molar-refractivity contribution < 1.29 is 14.7 Å². The zero-order valence-corrected chi connectivity index (χ0v) is 11.1. The van der Waals surface area contributed by atoms with Gasteiger partial charge in [-0.1, -0.05) is 36.4 Å². The van der Waals surface area contributed by atoms with Crippen molar-refractivity contribution in [3.63, 3.8) is 0 Å². The van der Waals surface area contributed by atoms with E-state index in [2.05, 4.69) is 33.1 Å². The Bertz CT molecular complexity index is 288. The van der Waals surface area contributed by atoms with E-state index < -0.39 is 17.5 Å². The summed E-state index contributed by atoms with van der Waals surface area (Å²) in [4.78, 5) is 22.5. The van der Waals surface area contributed by atoms with E-state index >= 15 is 0 Å². The number of urea groups is 1.